The predicted molar refractivity (Wildman–Crippen MR) is 81.7 cm³/mol. The van der Waals surface area contributed by atoms with E-state index in [0.717, 1.165) is 35.7 Å². The molecule has 5 rings (SSSR count). The maximum atomic E-state index is 14.1. The standard InChI is InChI=1S/C18H16FNO3/c19-14-3-1-2-12-17(14)13-7-20-8-18(12,13)9-21-11-4-5-15-16(6-11)23-10-22-15/h1-6,13,20H,7-10H2/t13-,18-/m0/s1. The highest BCUT2D eigenvalue weighted by Crippen LogP contribution is 2.54. The molecule has 23 heavy (non-hydrogen) atoms. The van der Waals surface area contributed by atoms with Gasteiger partial charge in [-0.15, -0.1) is 0 Å². The summed E-state index contributed by atoms with van der Waals surface area (Å²) in [6.45, 7) is 2.40. The maximum Gasteiger partial charge on any atom is 0.231 e. The van der Waals surface area contributed by atoms with Gasteiger partial charge in [-0.25, -0.2) is 4.39 Å². The number of hydrogen-bond acceptors (Lipinski definition) is 4. The van der Waals surface area contributed by atoms with Gasteiger partial charge in [0, 0.05) is 25.1 Å². The van der Waals surface area contributed by atoms with Crippen molar-refractivity contribution in [1.82, 2.24) is 5.32 Å². The van der Waals surface area contributed by atoms with Gasteiger partial charge in [0.25, 0.3) is 0 Å². The first-order valence-electron chi connectivity index (χ1n) is 7.80. The van der Waals surface area contributed by atoms with Crippen molar-refractivity contribution in [3.05, 3.63) is 53.3 Å². The molecule has 0 radical (unpaired) electrons. The van der Waals surface area contributed by atoms with E-state index in [1.54, 1.807) is 12.1 Å². The quantitative estimate of drug-likeness (QED) is 0.945. The summed E-state index contributed by atoms with van der Waals surface area (Å²) in [6, 6.07) is 10.9. The Bertz CT molecular complexity index is 794. The Hall–Kier alpha value is -2.27. The normalized spacial score (nSPS) is 26.4. The lowest BCUT2D eigenvalue weighted by Gasteiger charge is -2.46. The van der Waals surface area contributed by atoms with Crippen LogP contribution in [0.1, 0.15) is 17.0 Å². The van der Waals surface area contributed by atoms with E-state index in [4.69, 9.17) is 14.2 Å². The number of benzene rings is 2. The third kappa shape index (κ3) is 1.74. The topological polar surface area (TPSA) is 39.7 Å². The third-order valence-corrected chi connectivity index (χ3v) is 5.23. The zero-order valence-electron chi connectivity index (χ0n) is 12.5. The molecule has 1 N–H and O–H groups in total. The third-order valence-electron chi connectivity index (χ3n) is 5.23. The number of rotatable bonds is 3. The van der Waals surface area contributed by atoms with Crippen LogP contribution in [0.5, 0.6) is 17.2 Å². The summed E-state index contributed by atoms with van der Waals surface area (Å²) in [5.41, 5.74) is 1.80. The minimum Gasteiger partial charge on any atom is -0.492 e. The molecule has 0 amide bonds. The Balaban J connectivity index is 1.42. The second kappa shape index (κ2) is 4.61. The van der Waals surface area contributed by atoms with Crippen molar-refractivity contribution in [1.29, 1.82) is 0 Å². The zero-order valence-corrected chi connectivity index (χ0v) is 12.5. The Kier molecular flexibility index (Phi) is 2.65. The van der Waals surface area contributed by atoms with E-state index >= 15 is 0 Å². The predicted octanol–water partition coefficient (Wildman–Crippen LogP) is 2.57. The van der Waals surface area contributed by atoms with E-state index in [1.165, 1.54) is 0 Å². The Labute approximate surface area is 133 Å². The van der Waals surface area contributed by atoms with Crippen LogP contribution in [0.25, 0.3) is 0 Å². The SMILES string of the molecule is Fc1cccc2c1[C@@H]1CNC[C@]21COc1ccc2c(c1)OCO2. The van der Waals surface area contributed by atoms with E-state index < -0.39 is 0 Å². The average Bonchev–Trinajstić information content (AvgIpc) is 3.15. The smallest absolute Gasteiger partial charge is 0.231 e. The fraction of sp³-hybridized carbons (Fsp3) is 0.333. The highest BCUT2D eigenvalue weighted by molar-refractivity contribution is 5.54. The van der Waals surface area contributed by atoms with Crippen LogP contribution < -0.4 is 19.5 Å². The first-order chi connectivity index (χ1) is 11.3. The van der Waals surface area contributed by atoms with E-state index in [9.17, 15) is 4.39 Å². The van der Waals surface area contributed by atoms with Crippen LogP contribution in [0.15, 0.2) is 36.4 Å². The molecule has 1 fully saturated rings. The minimum absolute atomic E-state index is 0.102. The molecule has 0 saturated carbocycles. The molecule has 3 aliphatic rings. The second-order valence-electron chi connectivity index (χ2n) is 6.34. The van der Waals surface area contributed by atoms with Crippen LogP contribution in [0.4, 0.5) is 4.39 Å². The molecule has 0 bridgehead atoms. The van der Waals surface area contributed by atoms with Gasteiger partial charge < -0.3 is 19.5 Å². The summed E-state index contributed by atoms with van der Waals surface area (Å²) < 4.78 is 30.8. The van der Waals surface area contributed by atoms with Gasteiger partial charge in [0.05, 0.1) is 12.0 Å². The molecule has 1 saturated heterocycles. The van der Waals surface area contributed by atoms with Crippen LogP contribution in [0.2, 0.25) is 0 Å². The fourth-order valence-electron chi connectivity index (χ4n) is 4.08. The summed E-state index contributed by atoms with van der Waals surface area (Å²) in [5, 5.41) is 3.39. The van der Waals surface area contributed by atoms with E-state index in [0.29, 0.717) is 12.4 Å². The first-order valence-corrected chi connectivity index (χ1v) is 7.80. The first kappa shape index (κ1) is 13.2. The highest BCUT2D eigenvalue weighted by Gasteiger charge is 2.56. The molecule has 2 atom stereocenters. The van der Waals surface area contributed by atoms with E-state index in [-0.39, 0.29) is 23.9 Å². The van der Waals surface area contributed by atoms with Gasteiger partial charge in [0.1, 0.15) is 11.6 Å². The molecule has 118 valence electrons. The number of halogens is 1. The highest BCUT2D eigenvalue weighted by atomic mass is 19.1. The lowest BCUT2D eigenvalue weighted by atomic mass is 9.58. The Morgan fingerprint density at radius 2 is 2.13 bits per heavy atom. The van der Waals surface area contributed by atoms with Gasteiger partial charge in [0.2, 0.25) is 6.79 Å². The van der Waals surface area contributed by atoms with Gasteiger partial charge in [-0.2, -0.15) is 0 Å². The molecular weight excluding hydrogens is 297 g/mol. The fourth-order valence-corrected chi connectivity index (χ4v) is 4.08. The summed E-state index contributed by atoms with van der Waals surface area (Å²) in [7, 11) is 0. The van der Waals surface area contributed by atoms with Gasteiger partial charge in [-0.3, -0.25) is 0 Å². The van der Waals surface area contributed by atoms with Gasteiger partial charge in [-0.1, -0.05) is 12.1 Å². The number of nitrogens with one attached hydrogen (secondary N) is 1. The van der Waals surface area contributed by atoms with Crippen molar-refractivity contribution in [2.45, 2.75) is 11.3 Å². The van der Waals surface area contributed by atoms with Crippen molar-refractivity contribution in [3.63, 3.8) is 0 Å². The summed E-state index contributed by atoms with van der Waals surface area (Å²) in [6.07, 6.45) is 0. The second-order valence-corrected chi connectivity index (χ2v) is 6.34. The molecule has 1 aliphatic carbocycles. The zero-order chi connectivity index (χ0) is 15.4. The molecule has 0 aromatic heterocycles. The van der Waals surface area contributed by atoms with Gasteiger partial charge >= 0.3 is 0 Å². The molecule has 4 nitrogen and oxygen atoms in total. The van der Waals surface area contributed by atoms with E-state index in [1.807, 2.05) is 24.3 Å². The molecule has 5 heteroatoms. The molecule has 2 aliphatic heterocycles. The molecule has 0 unspecified atom stereocenters. The van der Waals surface area contributed by atoms with Gasteiger partial charge in [-0.05, 0) is 29.3 Å². The molecule has 0 spiro atoms. The largest absolute Gasteiger partial charge is 0.492 e. The van der Waals surface area contributed by atoms with Crippen LogP contribution in [0.3, 0.4) is 0 Å². The molecule has 2 aromatic rings. The molecule has 2 heterocycles. The average molecular weight is 313 g/mol. The lowest BCUT2D eigenvalue weighted by molar-refractivity contribution is 0.173. The van der Waals surface area contributed by atoms with Gasteiger partial charge in [0.15, 0.2) is 11.5 Å². The van der Waals surface area contributed by atoms with Crippen molar-refractivity contribution < 1.29 is 18.6 Å². The number of hydrogen-bond donors (Lipinski definition) is 1. The monoisotopic (exact) mass is 313 g/mol. The van der Waals surface area contributed by atoms with E-state index in [2.05, 4.69) is 5.32 Å². The summed E-state index contributed by atoms with van der Waals surface area (Å²) in [5.74, 6) is 2.29. The Morgan fingerprint density at radius 1 is 1.22 bits per heavy atom. The van der Waals surface area contributed by atoms with Crippen LogP contribution >= 0.6 is 0 Å². The summed E-state index contributed by atoms with van der Waals surface area (Å²) >= 11 is 0. The van der Waals surface area contributed by atoms with Crippen molar-refractivity contribution in [3.8, 4) is 17.2 Å². The molecular formula is C18H16FNO3. The van der Waals surface area contributed by atoms with Crippen LogP contribution in [0, 0.1) is 5.82 Å². The van der Waals surface area contributed by atoms with Crippen molar-refractivity contribution >= 4 is 0 Å². The maximum absolute atomic E-state index is 14.1. The van der Waals surface area contributed by atoms with Crippen LogP contribution in [-0.4, -0.2) is 26.5 Å². The van der Waals surface area contributed by atoms with Crippen molar-refractivity contribution in [2.75, 3.05) is 26.5 Å². The number of fused-ring (bicyclic) bond motifs is 5. The lowest BCUT2D eigenvalue weighted by Crippen LogP contribution is -2.48. The van der Waals surface area contributed by atoms with Crippen LogP contribution in [-0.2, 0) is 5.41 Å². The number of ether oxygens (including phenoxy) is 3. The minimum atomic E-state index is -0.131. The summed E-state index contributed by atoms with van der Waals surface area (Å²) in [4.78, 5) is 0. The molecule has 2 aromatic carbocycles. The Morgan fingerprint density at radius 3 is 3.09 bits per heavy atom. The van der Waals surface area contributed by atoms with Crippen molar-refractivity contribution in [2.24, 2.45) is 0 Å².